The van der Waals surface area contributed by atoms with E-state index in [9.17, 15) is 17.8 Å². The Morgan fingerprint density at radius 1 is 1.47 bits per heavy atom. The number of carbonyl (C=O) groups excluding carboxylic acids is 1. The number of piperidine rings is 1. The number of carbonyl (C=O) groups is 1. The van der Waals surface area contributed by atoms with Gasteiger partial charge in [0.25, 0.3) is 0 Å². The van der Waals surface area contributed by atoms with Crippen molar-refractivity contribution in [1.29, 1.82) is 0 Å². The van der Waals surface area contributed by atoms with Gasteiger partial charge in [-0.1, -0.05) is 0 Å². The first-order valence-electron chi connectivity index (χ1n) is 4.54. The van der Waals surface area contributed by atoms with Crippen molar-refractivity contribution in [2.75, 3.05) is 6.54 Å². The molecule has 0 radical (unpaired) electrons. The number of urea groups is 1. The molecule has 0 N–H and O–H groups in total. The van der Waals surface area contributed by atoms with Crippen molar-refractivity contribution >= 4 is 16.4 Å². The zero-order valence-corrected chi connectivity index (χ0v) is 11.9. The second kappa shape index (κ2) is 5.09. The van der Waals surface area contributed by atoms with E-state index in [1.807, 2.05) is 0 Å². The van der Waals surface area contributed by atoms with E-state index in [0.29, 0.717) is 17.9 Å². The topological polar surface area (TPSA) is 94.3 Å². The number of nitrogens with zero attached hydrogens (tertiary/aromatic N) is 3. The molecule has 17 heavy (non-hydrogen) atoms. The molecule has 2 saturated heterocycles. The van der Waals surface area contributed by atoms with E-state index >= 15 is 0 Å². The Morgan fingerprint density at radius 2 is 2.12 bits per heavy atom. The minimum Gasteiger partial charge on any atom is -0.724 e. The fourth-order valence-corrected chi connectivity index (χ4v) is 2.32. The number of rotatable bonds is 2. The molecule has 0 aromatic heterocycles. The van der Waals surface area contributed by atoms with Crippen LogP contribution in [0.1, 0.15) is 12.8 Å². The molecule has 0 unspecified atom stereocenters. The SMILES string of the molecule is [C-]#[N+][C@@H]1CC[C@@H]2CN1C(=O)N2OS(=O)(=O)[O-].[Na+]. The number of amides is 2. The Kier molecular flexibility index (Phi) is 4.40. The number of fused-ring (bicyclic) bond motifs is 2. The zero-order chi connectivity index (χ0) is 11.9. The molecular weight excluding hydrogens is 261 g/mol. The molecule has 0 aromatic rings. The summed E-state index contributed by atoms with van der Waals surface area (Å²) in [6, 6.07) is -1.20. The van der Waals surface area contributed by atoms with Gasteiger partial charge in [0.1, 0.15) is 0 Å². The van der Waals surface area contributed by atoms with Gasteiger partial charge in [0, 0.05) is 6.42 Å². The Morgan fingerprint density at radius 3 is 2.65 bits per heavy atom. The fraction of sp³-hybridized carbons (Fsp3) is 0.714. The second-order valence-corrected chi connectivity index (χ2v) is 4.55. The van der Waals surface area contributed by atoms with E-state index in [4.69, 9.17) is 6.57 Å². The van der Waals surface area contributed by atoms with Gasteiger partial charge in [0.05, 0.1) is 12.6 Å². The van der Waals surface area contributed by atoms with E-state index < -0.39 is 28.6 Å². The van der Waals surface area contributed by atoms with Crippen molar-refractivity contribution in [2.24, 2.45) is 0 Å². The molecule has 2 bridgehead atoms. The quantitative estimate of drug-likeness (QED) is 0.225. The molecule has 10 heteroatoms. The normalized spacial score (nSPS) is 27.6. The maximum atomic E-state index is 11.6. The Hall–Kier alpha value is -0.370. The van der Waals surface area contributed by atoms with Crippen molar-refractivity contribution < 1.29 is 51.6 Å². The molecule has 2 amide bonds. The summed E-state index contributed by atoms with van der Waals surface area (Å²) >= 11 is 0. The first kappa shape index (κ1) is 14.7. The van der Waals surface area contributed by atoms with Crippen LogP contribution in [0, 0.1) is 6.57 Å². The maximum Gasteiger partial charge on any atom is 1.00 e. The number of hydrogen-bond acceptors (Lipinski definition) is 5. The van der Waals surface area contributed by atoms with Gasteiger partial charge in [-0.2, -0.15) is 9.35 Å². The van der Waals surface area contributed by atoms with Crippen LogP contribution in [0.3, 0.4) is 0 Å². The molecule has 2 heterocycles. The summed E-state index contributed by atoms with van der Waals surface area (Å²) in [5, 5.41) is 0.563. The van der Waals surface area contributed by atoms with Crippen LogP contribution in [0.2, 0.25) is 0 Å². The van der Waals surface area contributed by atoms with Crippen LogP contribution in [-0.4, -0.2) is 47.7 Å². The van der Waals surface area contributed by atoms with Crippen LogP contribution in [0.15, 0.2) is 0 Å². The van der Waals surface area contributed by atoms with Crippen molar-refractivity contribution in [3.05, 3.63) is 11.4 Å². The third kappa shape index (κ3) is 2.90. The monoisotopic (exact) mass is 269 g/mol. The Bertz CT molecular complexity index is 461. The number of hydroxylamine groups is 2. The minimum atomic E-state index is -4.95. The Balaban J connectivity index is 0.00000144. The van der Waals surface area contributed by atoms with Crippen LogP contribution < -0.4 is 29.6 Å². The largest absolute Gasteiger partial charge is 1.00 e. The first-order chi connectivity index (χ1) is 7.42. The van der Waals surface area contributed by atoms with E-state index in [1.165, 1.54) is 4.90 Å². The molecule has 2 fully saturated rings. The molecule has 0 aliphatic carbocycles. The molecule has 2 aliphatic heterocycles. The Labute approximate surface area is 121 Å². The van der Waals surface area contributed by atoms with Gasteiger partial charge in [-0.25, -0.2) is 19.8 Å². The average Bonchev–Trinajstić information content (AvgIpc) is 2.43. The van der Waals surface area contributed by atoms with E-state index in [2.05, 4.69) is 9.13 Å². The molecule has 88 valence electrons. The van der Waals surface area contributed by atoms with Gasteiger partial charge >= 0.3 is 41.8 Å². The van der Waals surface area contributed by atoms with Gasteiger partial charge in [0.15, 0.2) is 0 Å². The van der Waals surface area contributed by atoms with Gasteiger partial charge in [-0.3, -0.25) is 9.74 Å². The molecular formula is C7H8N3NaO5S. The van der Waals surface area contributed by atoms with Crippen LogP contribution >= 0.6 is 0 Å². The summed E-state index contributed by atoms with van der Waals surface area (Å²) in [7, 11) is -4.95. The molecule has 2 aliphatic rings. The molecule has 0 spiro atoms. The third-order valence-electron chi connectivity index (χ3n) is 2.61. The van der Waals surface area contributed by atoms with Gasteiger partial charge in [0.2, 0.25) is 10.4 Å². The van der Waals surface area contributed by atoms with E-state index in [-0.39, 0.29) is 36.1 Å². The third-order valence-corrected chi connectivity index (χ3v) is 2.95. The van der Waals surface area contributed by atoms with Crippen LogP contribution in [-0.2, 0) is 14.7 Å². The van der Waals surface area contributed by atoms with Crippen LogP contribution in [0.25, 0.3) is 4.85 Å². The first-order valence-corrected chi connectivity index (χ1v) is 5.87. The van der Waals surface area contributed by atoms with Gasteiger partial charge in [-0.05, 0) is 6.42 Å². The summed E-state index contributed by atoms with van der Waals surface area (Å²) in [6.45, 7) is 7.10. The molecule has 8 nitrogen and oxygen atoms in total. The summed E-state index contributed by atoms with van der Waals surface area (Å²) in [6.07, 6.45) is 0.315. The number of hydrogen-bond donors (Lipinski definition) is 0. The van der Waals surface area contributed by atoms with Crippen molar-refractivity contribution in [3.63, 3.8) is 0 Å². The van der Waals surface area contributed by atoms with Crippen LogP contribution in [0.4, 0.5) is 4.79 Å². The molecule has 0 aromatic carbocycles. The summed E-state index contributed by atoms with van der Waals surface area (Å²) in [5.41, 5.74) is 0. The van der Waals surface area contributed by atoms with Crippen LogP contribution in [0.5, 0.6) is 0 Å². The summed E-state index contributed by atoms with van der Waals surface area (Å²) < 4.78 is 35.3. The molecule has 0 saturated carbocycles. The minimum absolute atomic E-state index is 0. The average molecular weight is 269 g/mol. The maximum absolute atomic E-state index is 11.6. The fourth-order valence-electron chi connectivity index (χ4n) is 1.94. The van der Waals surface area contributed by atoms with E-state index in [1.54, 1.807) is 0 Å². The zero-order valence-electron chi connectivity index (χ0n) is 9.07. The predicted octanol–water partition coefficient (Wildman–Crippen LogP) is -3.47. The van der Waals surface area contributed by atoms with Gasteiger partial charge in [-0.15, -0.1) is 0 Å². The predicted molar refractivity (Wildman–Crippen MR) is 48.1 cm³/mol. The standard InChI is InChI=1S/C7H9N3O5S.Na/c1-8-6-3-2-5-4-9(6)7(11)10(5)15-16(12,13)14;/h5-6H,2-4H2,(H,12,13,14);/q;+1/p-1/t5-,6+;/m1./s1. The van der Waals surface area contributed by atoms with Crippen molar-refractivity contribution in [1.82, 2.24) is 9.96 Å². The van der Waals surface area contributed by atoms with Crippen molar-refractivity contribution in [3.8, 4) is 0 Å². The summed E-state index contributed by atoms with van der Waals surface area (Å²) in [4.78, 5) is 16.1. The van der Waals surface area contributed by atoms with Gasteiger partial charge < -0.3 is 4.55 Å². The van der Waals surface area contributed by atoms with Crippen molar-refractivity contribution in [2.45, 2.75) is 25.0 Å². The summed E-state index contributed by atoms with van der Waals surface area (Å²) in [5.74, 6) is 0. The second-order valence-electron chi connectivity index (χ2n) is 3.58. The van der Waals surface area contributed by atoms with E-state index in [0.717, 1.165) is 0 Å². The smallest absolute Gasteiger partial charge is 0.724 e. The molecule has 2 atom stereocenters. The molecule has 2 rings (SSSR count).